The number of nitrogens with zero attached hydrogens (tertiary/aromatic N) is 2. The lowest BCUT2D eigenvalue weighted by Gasteiger charge is -2.29. The molecule has 0 unspecified atom stereocenters. The van der Waals surface area contributed by atoms with Crippen molar-refractivity contribution in [1.82, 2.24) is 9.97 Å². The maximum atomic E-state index is 11.8. The fraction of sp³-hybridized carbons (Fsp3) is 0.545. The maximum absolute atomic E-state index is 11.8. The van der Waals surface area contributed by atoms with Crippen molar-refractivity contribution in [2.75, 3.05) is 0 Å². The molecule has 1 aromatic heterocycles. The van der Waals surface area contributed by atoms with Crippen molar-refractivity contribution in [2.45, 2.75) is 33.6 Å². The van der Waals surface area contributed by atoms with Gasteiger partial charge in [-0.1, -0.05) is 13.8 Å². The lowest BCUT2D eigenvalue weighted by Crippen LogP contribution is -2.28. The summed E-state index contributed by atoms with van der Waals surface area (Å²) in [5.41, 5.74) is 1.69. The summed E-state index contributed by atoms with van der Waals surface area (Å²) < 4.78 is 0. The van der Waals surface area contributed by atoms with Crippen LogP contribution in [0.2, 0.25) is 0 Å². The van der Waals surface area contributed by atoms with Gasteiger partial charge in [-0.15, -0.1) is 0 Å². The Labute approximate surface area is 83.6 Å². The second-order valence-electron chi connectivity index (χ2n) is 4.73. The van der Waals surface area contributed by atoms with Crippen molar-refractivity contribution in [1.29, 1.82) is 0 Å². The Kier molecular flexibility index (Phi) is 1.91. The second kappa shape index (κ2) is 2.87. The molecule has 1 heterocycles. The van der Waals surface area contributed by atoms with Gasteiger partial charge in [-0.25, -0.2) is 9.97 Å². The van der Waals surface area contributed by atoms with Crippen LogP contribution >= 0.6 is 0 Å². The molecule has 0 radical (unpaired) electrons. The summed E-state index contributed by atoms with van der Waals surface area (Å²) >= 11 is 0. The van der Waals surface area contributed by atoms with Crippen molar-refractivity contribution in [2.24, 2.45) is 5.41 Å². The Balaban J connectivity index is 2.50. The van der Waals surface area contributed by atoms with E-state index in [2.05, 4.69) is 23.8 Å². The molecule has 0 atom stereocenters. The minimum absolute atomic E-state index is 0.0582. The van der Waals surface area contributed by atoms with E-state index < -0.39 is 0 Å². The number of carbonyl (C=O) groups is 1. The molecule has 0 N–H and O–H groups in total. The molecule has 2 rings (SSSR count). The van der Waals surface area contributed by atoms with E-state index in [0.717, 1.165) is 12.0 Å². The number of Topliss-reactive ketones (excluding diaryl/α,β-unsaturated/α-hetero) is 1. The minimum atomic E-state index is 0.0582. The van der Waals surface area contributed by atoms with Crippen LogP contribution in [-0.2, 0) is 6.42 Å². The van der Waals surface area contributed by atoms with Crippen molar-refractivity contribution < 1.29 is 4.79 Å². The molecular formula is C11H14N2O. The van der Waals surface area contributed by atoms with E-state index in [1.54, 1.807) is 6.20 Å². The van der Waals surface area contributed by atoms with Crippen LogP contribution in [0.25, 0.3) is 0 Å². The first kappa shape index (κ1) is 9.31. The Morgan fingerprint density at radius 2 is 2.07 bits per heavy atom. The third kappa shape index (κ3) is 1.54. The third-order valence-corrected chi connectivity index (χ3v) is 2.56. The topological polar surface area (TPSA) is 42.9 Å². The van der Waals surface area contributed by atoms with Crippen molar-refractivity contribution >= 4 is 5.78 Å². The number of carbonyl (C=O) groups excluding carboxylic acids is 1. The monoisotopic (exact) mass is 190 g/mol. The van der Waals surface area contributed by atoms with Gasteiger partial charge in [-0.2, -0.15) is 0 Å². The standard InChI is InChI=1S/C11H14N2O/c1-7-12-6-8-4-11(2,3)5-9(14)10(8)13-7/h6H,4-5H2,1-3H3. The molecule has 0 spiro atoms. The summed E-state index contributed by atoms with van der Waals surface area (Å²) in [6.45, 7) is 6.02. The van der Waals surface area contributed by atoms with Gasteiger partial charge >= 0.3 is 0 Å². The van der Waals surface area contributed by atoms with E-state index in [4.69, 9.17) is 0 Å². The molecule has 0 aromatic carbocycles. The van der Waals surface area contributed by atoms with Crippen molar-refractivity contribution in [3.63, 3.8) is 0 Å². The molecule has 1 aliphatic carbocycles. The van der Waals surface area contributed by atoms with E-state index in [0.29, 0.717) is 17.9 Å². The fourth-order valence-electron chi connectivity index (χ4n) is 1.96. The Hall–Kier alpha value is -1.25. The van der Waals surface area contributed by atoms with E-state index in [9.17, 15) is 4.79 Å². The smallest absolute Gasteiger partial charge is 0.182 e. The van der Waals surface area contributed by atoms with Gasteiger partial charge in [0.2, 0.25) is 0 Å². The van der Waals surface area contributed by atoms with Gasteiger partial charge in [0.25, 0.3) is 0 Å². The minimum Gasteiger partial charge on any atom is -0.292 e. The number of aromatic nitrogens is 2. The van der Waals surface area contributed by atoms with Crippen LogP contribution in [0.4, 0.5) is 0 Å². The maximum Gasteiger partial charge on any atom is 0.182 e. The van der Waals surface area contributed by atoms with Crippen LogP contribution in [0.1, 0.15) is 42.1 Å². The Morgan fingerprint density at radius 3 is 2.79 bits per heavy atom. The highest BCUT2D eigenvalue weighted by Crippen LogP contribution is 2.33. The number of aryl methyl sites for hydroxylation is 1. The number of hydrogen-bond donors (Lipinski definition) is 0. The highest BCUT2D eigenvalue weighted by Gasteiger charge is 2.31. The fourth-order valence-corrected chi connectivity index (χ4v) is 1.96. The normalized spacial score (nSPS) is 19.2. The summed E-state index contributed by atoms with van der Waals surface area (Å²) in [5, 5.41) is 0. The van der Waals surface area contributed by atoms with Crippen LogP contribution in [0.3, 0.4) is 0 Å². The molecule has 0 fully saturated rings. The second-order valence-corrected chi connectivity index (χ2v) is 4.73. The zero-order valence-electron chi connectivity index (χ0n) is 8.79. The highest BCUT2D eigenvalue weighted by molar-refractivity contribution is 5.97. The van der Waals surface area contributed by atoms with Gasteiger partial charge in [-0.05, 0) is 18.8 Å². The summed E-state index contributed by atoms with van der Waals surface area (Å²) in [4.78, 5) is 20.1. The van der Waals surface area contributed by atoms with Crippen LogP contribution in [0, 0.1) is 12.3 Å². The molecule has 1 aliphatic rings. The molecule has 0 bridgehead atoms. The lowest BCUT2D eigenvalue weighted by molar-refractivity contribution is 0.0905. The van der Waals surface area contributed by atoms with Gasteiger partial charge in [0.05, 0.1) is 0 Å². The summed E-state index contributed by atoms with van der Waals surface area (Å²) in [5.74, 6) is 0.832. The zero-order chi connectivity index (χ0) is 10.3. The number of hydrogen-bond acceptors (Lipinski definition) is 3. The predicted molar refractivity (Wildman–Crippen MR) is 53.2 cm³/mol. The SMILES string of the molecule is Cc1ncc2c(n1)C(=O)CC(C)(C)C2. The number of fused-ring (bicyclic) bond motifs is 1. The quantitative estimate of drug-likeness (QED) is 0.628. The largest absolute Gasteiger partial charge is 0.292 e. The lowest BCUT2D eigenvalue weighted by atomic mass is 9.76. The summed E-state index contributed by atoms with van der Waals surface area (Å²) in [6, 6.07) is 0. The zero-order valence-corrected chi connectivity index (χ0v) is 8.79. The van der Waals surface area contributed by atoms with E-state index in [1.165, 1.54) is 0 Å². The average Bonchev–Trinajstić information content (AvgIpc) is 2.05. The van der Waals surface area contributed by atoms with Gasteiger partial charge in [0.1, 0.15) is 11.5 Å². The molecule has 3 heteroatoms. The average molecular weight is 190 g/mol. The third-order valence-electron chi connectivity index (χ3n) is 2.56. The van der Waals surface area contributed by atoms with Gasteiger partial charge in [0.15, 0.2) is 5.78 Å². The van der Waals surface area contributed by atoms with Gasteiger partial charge in [-0.3, -0.25) is 4.79 Å². The molecule has 1 aromatic rings. The molecule has 0 amide bonds. The Morgan fingerprint density at radius 1 is 1.36 bits per heavy atom. The van der Waals surface area contributed by atoms with Crippen molar-refractivity contribution in [3.8, 4) is 0 Å². The molecule has 0 saturated heterocycles. The summed E-state index contributed by atoms with van der Waals surface area (Å²) in [6.07, 6.45) is 3.28. The van der Waals surface area contributed by atoms with Crippen LogP contribution < -0.4 is 0 Å². The number of ketones is 1. The Bertz CT molecular complexity index is 396. The molecular weight excluding hydrogens is 176 g/mol. The molecule has 0 aliphatic heterocycles. The first-order valence-corrected chi connectivity index (χ1v) is 4.84. The van der Waals surface area contributed by atoms with Crippen LogP contribution in [0.15, 0.2) is 6.20 Å². The van der Waals surface area contributed by atoms with Gasteiger partial charge < -0.3 is 0 Å². The molecule has 3 nitrogen and oxygen atoms in total. The predicted octanol–water partition coefficient (Wildman–Crippen LogP) is 1.94. The van der Waals surface area contributed by atoms with Crippen LogP contribution in [-0.4, -0.2) is 15.8 Å². The molecule has 14 heavy (non-hydrogen) atoms. The number of rotatable bonds is 0. The molecule has 0 saturated carbocycles. The molecule has 74 valence electrons. The van der Waals surface area contributed by atoms with Crippen molar-refractivity contribution in [3.05, 3.63) is 23.3 Å². The first-order chi connectivity index (χ1) is 6.48. The van der Waals surface area contributed by atoms with Gasteiger partial charge in [0, 0.05) is 18.2 Å². The van der Waals surface area contributed by atoms with E-state index in [1.807, 2.05) is 6.92 Å². The van der Waals surface area contributed by atoms with E-state index >= 15 is 0 Å². The van der Waals surface area contributed by atoms with Crippen LogP contribution in [0.5, 0.6) is 0 Å². The highest BCUT2D eigenvalue weighted by atomic mass is 16.1. The summed E-state index contributed by atoms with van der Waals surface area (Å²) in [7, 11) is 0. The van der Waals surface area contributed by atoms with E-state index in [-0.39, 0.29) is 11.2 Å². The first-order valence-electron chi connectivity index (χ1n) is 4.84.